The second-order valence-electron chi connectivity index (χ2n) is 8.20. The minimum atomic E-state index is -0.931. The third-order valence-corrected chi connectivity index (χ3v) is 5.96. The molecule has 2 fully saturated rings. The summed E-state index contributed by atoms with van der Waals surface area (Å²) in [7, 11) is 2.02. The molecule has 0 radical (unpaired) electrons. The zero-order valence-corrected chi connectivity index (χ0v) is 16.6. The molecule has 29 heavy (non-hydrogen) atoms. The molecule has 3 aliphatic heterocycles. The number of nitrogens with one attached hydrogen (secondary N) is 2. The molecule has 2 atom stereocenters. The number of imide groups is 2. The number of benzene rings is 1. The van der Waals surface area contributed by atoms with E-state index in [1.165, 1.54) is 12.8 Å². The molecule has 0 bridgehead atoms. The first kappa shape index (κ1) is 19.7. The van der Waals surface area contributed by atoms with E-state index in [0.717, 1.165) is 30.1 Å². The van der Waals surface area contributed by atoms with Gasteiger partial charge in [-0.1, -0.05) is 12.1 Å². The minimum Gasteiger partial charge on any atom is -0.316 e. The topological polar surface area (TPSA) is 98.8 Å². The number of piperidine rings is 2. The molecule has 8 heteroatoms. The lowest BCUT2D eigenvalue weighted by Crippen LogP contribution is -2.54. The minimum absolute atomic E-state index is 0.120. The molecule has 2 saturated heterocycles. The van der Waals surface area contributed by atoms with E-state index in [-0.39, 0.29) is 18.7 Å². The van der Waals surface area contributed by atoms with Crippen molar-refractivity contribution >= 4 is 23.6 Å². The number of rotatable bonds is 5. The SMILES string of the molecule is CN(Cc1cccc2c1C(=O)N(C1CCC(=O)NC1=O)C2=O)C[C@H]1CCCNC1. The van der Waals surface area contributed by atoms with Gasteiger partial charge in [0.1, 0.15) is 6.04 Å². The maximum atomic E-state index is 13.1. The smallest absolute Gasteiger partial charge is 0.262 e. The molecule has 0 saturated carbocycles. The number of nitrogens with zero attached hydrogens (tertiary/aromatic N) is 2. The first-order valence-corrected chi connectivity index (χ1v) is 10.2. The van der Waals surface area contributed by atoms with Gasteiger partial charge >= 0.3 is 0 Å². The highest BCUT2D eigenvalue weighted by Crippen LogP contribution is 2.30. The Morgan fingerprint density at radius 2 is 1.97 bits per heavy atom. The van der Waals surface area contributed by atoms with Crippen LogP contribution in [0, 0.1) is 5.92 Å². The zero-order chi connectivity index (χ0) is 20.5. The van der Waals surface area contributed by atoms with E-state index in [9.17, 15) is 19.2 Å². The van der Waals surface area contributed by atoms with E-state index >= 15 is 0 Å². The summed E-state index contributed by atoms with van der Waals surface area (Å²) in [5.74, 6) is -1.28. The maximum absolute atomic E-state index is 13.1. The number of carbonyl (C=O) groups is 4. The molecular formula is C21H26N4O4. The molecule has 3 heterocycles. The number of hydrogen-bond acceptors (Lipinski definition) is 6. The summed E-state index contributed by atoms with van der Waals surface area (Å²) >= 11 is 0. The van der Waals surface area contributed by atoms with Crippen LogP contribution < -0.4 is 10.6 Å². The van der Waals surface area contributed by atoms with Gasteiger partial charge in [0.05, 0.1) is 11.1 Å². The summed E-state index contributed by atoms with van der Waals surface area (Å²) < 4.78 is 0. The second-order valence-corrected chi connectivity index (χ2v) is 8.20. The predicted octanol–water partition coefficient (Wildman–Crippen LogP) is 0.519. The fourth-order valence-corrected chi connectivity index (χ4v) is 4.59. The van der Waals surface area contributed by atoms with Gasteiger partial charge in [-0.05, 0) is 56.9 Å². The van der Waals surface area contributed by atoms with Crippen LogP contribution >= 0.6 is 0 Å². The first-order chi connectivity index (χ1) is 14.0. The van der Waals surface area contributed by atoms with Crippen LogP contribution in [0.3, 0.4) is 0 Å². The molecule has 154 valence electrons. The third-order valence-electron chi connectivity index (χ3n) is 5.96. The Kier molecular flexibility index (Phi) is 5.47. The summed E-state index contributed by atoms with van der Waals surface area (Å²) in [6, 6.07) is 4.35. The van der Waals surface area contributed by atoms with Crippen molar-refractivity contribution in [1.29, 1.82) is 0 Å². The molecule has 1 aromatic rings. The van der Waals surface area contributed by atoms with Crippen molar-refractivity contribution in [1.82, 2.24) is 20.4 Å². The average Bonchev–Trinajstić information content (AvgIpc) is 2.94. The monoisotopic (exact) mass is 398 g/mol. The average molecular weight is 398 g/mol. The van der Waals surface area contributed by atoms with E-state index in [2.05, 4.69) is 15.5 Å². The third kappa shape index (κ3) is 3.82. The molecule has 4 rings (SSSR count). The maximum Gasteiger partial charge on any atom is 0.262 e. The van der Waals surface area contributed by atoms with E-state index < -0.39 is 23.8 Å². The van der Waals surface area contributed by atoms with Crippen molar-refractivity contribution in [2.45, 2.75) is 38.3 Å². The molecule has 0 spiro atoms. The Morgan fingerprint density at radius 3 is 2.69 bits per heavy atom. The highest BCUT2D eigenvalue weighted by Gasteiger charge is 2.45. The summed E-state index contributed by atoms with van der Waals surface area (Å²) in [6.07, 6.45) is 2.65. The standard InChI is InChI=1S/C21H26N4O4/c1-24(11-13-4-3-9-22-10-13)12-14-5-2-6-15-18(14)21(29)25(20(15)28)16-7-8-17(26)23-19(16)27/h2,5-6,13,16,22H,3-4,7-12H2,1H3,(H,23,26,27)/t13-,16?/m0/s1. The molecule has 4 amide bonds. The van der Waals surface area contributed by atoms with E-state index in [1.807, 2.05) is 13.1 Å². The van der Waals surface area contributed by atoms with Crippen LogP contribution in [0.4, 0.5) is 0 Å². The van der Waals surface area contributed by atoms with Crippen molar-refractivity contribution in [3.05, 3.63) is 34.9 Å². The summed E-state index contributed by atoms with van der Waals surface area (Å²) in [4.78, 5) is 52.9. The molecule has 0 aliphatic carbocycles. The van der Waals surface area contributed by atoms with Gasteiger partial charge in [-0.25, -0.2) is 0 Å². The highest BCUT2D eigenvalue weighted by atomic mass is 16.2. The highest BCUT2D eigenvalue weighted by molar-refractivity contribution is 6.24. The normalized spacial score (nSPS) is 24.8. The van der Waals surface area contributed by atoms with Gasteiger partial charge in [-0.3, -0.25) is 29.4 Å². The van der Waals surface area contributed by atoms with Crippen LogP contribution in [0.1, 0.15) is 52.0 Å². The van der Waals surface area contributed by atoms with Crippen molar-refractivity contribution in [2.24, 2.45) is 5.92 Å². The molecule has 8 nitrogen and oxygen atoms in total. The molecule has 3 aliphatic rings. The largest absolute Gasteiger partial charge is 0.316 e. The first-order valence-electron chi connectivity index (χ1n) is 10.2. The van der Waals surface area contributed by atoms with Gasteiger partial charge in [-0.2, -0.15) is 0 Å². The van der Waals surface area contributed by atoms with Crippen molar-refractivity contribution in [3.8, 4) is 0 Å². The summed E-state index contributed by atoms with van der Waals surface area (Å²) in [5.41, 5.74) is 1.52. The lowest BCUT2D eigenvalue weighted by atomic mass is 9.98. The van der Waals surface area contributed by atoms with Crippen LogP contribution in [0.2, 0.25) is 0 Å². The number of carbonyl (C=O) groups excluding carboxylic acids is 4. The van der Waals surface area contributed by atoms with Crippen molar-refractivity contribution < 1.29 is 19.2 Å². The van der Waals surface area contributed by atoms with Gasteiger partial charge in [0, 0.05) is 19.5 Å². The van der Waals surface area contributed by atoms with Crippen LogP contribution in [0.15, 0.2) is 18.2 Å². The molecule has 1 unspecified atom stereocenters. The van der Waals surface area contributed by atoms with E-state index in [1.54, 1.807) is 12.1 Å². The van der Waals surface area contributed by atoms with Gasteiger partial charge in [0.2, 0.25) is 11.8 Å². The molecule has 2 N–H and O–H groups in total. The Morgan fingerprint density at radius 1 is 1.14 bits per heavy atom. The van der Waals surface area contributed by atoms with Gasteiger partial charge in [-0.15, -0.1) is 0 Å². The fourth-order valence-electron chi connectivity index (χ4n) is 4.59. The Labute approximate surface area is 169 Å². The van der Waals surface area contributed by atoms with Gasteiger partial charge in [0.25, 0.3) is 11.8 Å². The zero-order valence-electron chi connectivity index (χ0n) is 16.6. The number of hydrogen-bond donors (Lipinski definition) is 2. The Bertz CT molecular complexity index is 862. The Balaban J connectivity index is 1.53. The van der Waals surface area contributed by atoms with Gasteiger partial charge < -0.3 is 10.2 Å². The van der Waals surface area contributed by atoms with Crippen LogP contribution in [-0.2, 0) is 16.1 Å². The molecule has 1 aromatic carbocycles. The molecular weight excluding hydrogens is 372 g/mol. The van der Waals surface area contributed by atoms with E-state index in [4.69, 9.17) is 0 Å². The lowest BCUT2D eigenvalue weighted by Gasteiger charge is -2.28. The van der Waals surface area contributed by atoms with Crippen LogP contribution in [-0.4, -0.2) is 66.2 Å². The van der Waals surface area contributed by atoms with Crippen LogP contribution in [0.5, 0.6) is 0 Å². The molecule has 0 aromatic heterocycles. The Hall–Kier alpha value is -2.58. The predicted molar refractivity (Wildman–Crippen MR) is 105 cm³/mol. The fraction of sp³-hybridized carbons (Fsp3) is 0.524. The van der Waals surface area contributed by atoms with Crippen molar-refractivity contribution in [3.63, 3.8) is 0 Å². The lowest BCUT2D eigenvalue weighted by molar-refractivity contribution is -0.136. The number of amides is 4. The second kappa shape index (κ2) is 8.04. The van der Waals surface area contributed by atoms with Crippen LogP contribution in [0.25, 0.3) is 0 Å². The van der Waals surface area contributed by atoms with E-state index in [0.29, 0.717) is 23.6 Å². The summed E-state index contributed by atoms with van der Waals surface area (Å²) in [5, 5.41) is 5.64. The quantitative estimate of drug-likeness (QED) is 0.702. The summed E-state index contributed by atoms with van der Waals surface area (Å²) in [6.45, 7) is 3.54. The number of fused-ring (bicyclic) bond motifs is 1. The van der Waals surface area contributed by atoms with Gasteiger partial charge in [0.15, 0.2) is 0 Å². The van der Waals surface area contributed by atoms with Crippen molar-refractivity contribution in [2.75, 3.05) is 26.7 Å².